The first-order valence-corrected chi connectivity index (χ1v) is 5.77. The van der Waals surface area contributed by atoms with Gasteiger partial charge >= 0.3 is 0 Å². The topological polar surface area (TPSA) is 40.7 Å². The number of H-pyrrole nitrogens is 1. The molecular weight excluding hydrogens is 269 g/mol. The first-order chi connectivity index (χ1) is 7.93. The van der Waals surface area contributed by atoms with E-state index in [2.05, 4.69) is 27.4 Å². The van der Waals surface area contributed by atoms with Gasteiger partial charge < -0.3 is 10.3 Å². The maximum Gasteiger partial charge on any atom is 0.123 e. The molecule has 1 aliphatic heterocycles. The van der Waals surface area contributed by atoms with Crippen LogP contribution >= 0.6 is 24.8 Å². The zero-order chi connectivity index (χ0) is 10.8. The zero-order valence-electron chi connectivity index (χ0n) is 9.93. The Balaban J connectivity index is 0.000000810. The van der Waals surface area contributed by atoms with Crippen LogP contribution in [0.15, 0.2) is 36.5 Å². The maximum atomic E-state index is 4.46. The second kappa shape index (κ2) is 6.78. The standard InChI is InChI=1S/C13H15N3.2ClH/c1-2-5-10(6-3-1)12-9-15-13(16-12)11-7-4-8-14-11;;/h1-3,5-6,9,11,14H,4,7-8H2,(H,15,16);2*1H/t11-;;/m1../s1. The number of nitrogens with zero attached hydrogens (tertiary/aromatic N) is 1. The normalized spacial score (nSPS) is 17.9. The van der Waals surface area contributed by atoms with Crippen LogP contribution < -0.4 is 5.32 Å². The molecule has 2 N–H and O–H groups in total. The quantitative estimate of drug-likeness (QED) is 0.889. The highest BCUT2D eigenvalue weighted by Crippen LogP contribution is 2.23. The van der Waals surface area contributed by atoms with Crippen molar-refractivity contribution in [1.82, 2.24) is 15.3 Å². The molecule has 1 atom stereocenters. The molecule has 1 saturated heterocycles. The summed E-state index contributed by atoms with van der Waals surface area (Å²) in [6.07, 6.45) is 4.35. The van der Waals surface area contributed by atoms with Crippen molar-refractivity contribution in [1.29, 1.82) is 0 Å². The summed E-state index contributed by atoms with van der Waals surface area (Å²) < 4.78 is 0. The van der Waals surface area contributed by atoms with Gasteiger partial charge in [0.1, 0.15) is 5.82 Å². The highest BCUT2D eigenvalue weighted by Gasteiger charge is 2.18. The third kappa shape index (κ3) is 3.05. The van der Waals surface area contributed by atoms with Gasteiger partial charge in [-0.25, -0.2) is 4.98 Å². The molecule has 98 valence electrons. The van der Waals surface area contributed by atoms with Crippen LogP contribution in [0.3, 0.4) is 0 Å². The number of aromatic amines is 1. The molecular formula is C13H17Cl2N3. The molecule has 3 rings (SSSR count). The molecule has 0 spiro atoms. The fourth-order valence-electron chi connectivity index (χ4n) is 2.20. The minimum Gasteiger partial charge on any atom is -0.341 e. The minimum absolute atomic E-state index is 0. The van der Waals surface area contributed by atoms with Crippen molar-refractivity contribution in [2.45, 2.75) is 18.9 Å². The zero-order valence-corrected chi connectivity index (χ0v) is 11.6. The number of nitrogens with one attached hydrogen (secondary N) is 2. The monoisotopic (exact) mass is 285 g/mol. The lowest BCUT2D eigenvalue weighted by Crippen LogP contribution is -2.14. The summed E-state index contributed by atoms with van der Waals surface area (Å²) >= 11 is 0. The van der Waals surface area contributed by atoms with Gasteiger partial charge in [-0.15, -0.1) is 24.8 Å². The van der Waals surface area contributed by atoms with Gasteiger partial charge in [0.2, 0.25) is 0 Å². The lowest BCUT2D eigenvalue weighted by atomic mass is 10.2. The fraction of sp³-hybridized carbons (Fsp3) is 0.308. The molecule has 5 heteroatoms. The second-order valence-electron chi connectivity index (χ2n) is 4.20. The number of rotatable bonds is 2. The Bertz CT molecular complexity index is 464. The molecule has 3 nitrogen and oxygen atoms in total. The number of aromatic nitrogens is 2. The van der Waals surface area contributed by atoms with Crippen LogP contribution in [-0.4, -0.2) is 16.5 Å². The van der Waals surface area contributed by atoms with E-state index in [-0.39, 0.29) is 24.8 Å². The Morgan fingerprint density at radius 1 is 1.11 bits per heavy atom. The largest absolute Gasteiger partial charge is 0.341 e. The summed E-state index contributed by atoms with van der Waals surface area (Å²) in [7, 11) is 0. The van der Waals surface area contributed by atoms with Gasteiger partial charge in [0, 0.05) is 0 Å². The van der Waals surface area contributed by atoms with E-state index in [0.29, 0.717) is 6.04 Å². The van der Waals surface area contributed by atoms with Gasteiger partial charge in [0.25, 0.3) is 0 Å². The predicted octanol–water partition coefficient (Wildman–Crippen LogP) is 3.34. The van der Waals surface area contributed by atoms with Crippen molar-refractivity contribution in [2.75, 3.05) is 6.54 Å². The Hall–Kier alpha value is -1.03. The molecule has 0 radical (unpaired) electrons. The summed E-state index contributed by atoms with van der Waals surface area (Å²) in [5, 5.41) is 3.44. The molecule has 0 unspecified atom stereocenters. The van der Waals surface area contributed by atoms with Gasteiger partial charge in [0.05, 0.1) is 17.9 Å². The number of hydrogen-bond donors (Lipinski definition) is 2. The van der Waals surface area contributed by atoms with Crippen molar-refractivity contribution < 1.29 is 0 Å². The van der Waals surface area contributed by atoms with Crippen LogP contribution in [0.2, 0.25) is 0 Å². The van der Waals surface area contributed by atoms with Crippen LogP contribution in [-0.2, 0) is 0 Å². The Labute approximate surface area is 119 Å². The summed E-state index contributed by atoms with van der Waals surface area (Å²) in [6, 6.07) is 10.7. The van der Waals surface area contributed by atoms with Crippen LogP contribution in [0.25, 0.3) is 11.3 Å². The van der Waals surface area contributed by atoms with Crippen molar-refractivity contribution in [3.05, 3.63) is 42.4 Å². The molecule has 1 aromatic heterocycles. The lowest BCUT2D eigenvalue weighted by Gasteiger charge is -2.05. The van der Waals surface area contributed by atoms with Crippen molar-refractivity contribution >= 4 is 24.8 Å². The van der Waals surface area contributed by atoms with Crippen molar-refractivity contribution in [3.63, 3.8) is 0 Å². The van der Waals surface area contributed by atoms with E-state index in [1.54, 1.807) is 0 Å². The SMILES string of the molecule is Cl.Cl.c1ccc(-c2cnc([C@H]3CCCN3)[nH]2)cc1. The van der Waals surface area contributed by atoms with E-state index in [4.69, 9.17) is 0 Å². The molecule has 2 heterocycles. The summed E-state index contributed by atoms with van der Waals surface area (Å²) in [5.41, 5.74) is 2.29. The van der Waals surface area contributed by atoms with Crippen LogP contribution in [0, 0.1) is 0 Å². The van der Waals surface area contributed by atoms with Crippen LogP contribution in [0.4, 0.5) is 0 Å². The first-order valence-electron chi connectivity index (χ1n) is 5.77. The first kappa shape index (κ1) is 15.0. The lowest BCUT2D eigenvalue weighted by molar-refractivity contribution is 0.613. The number of hydrogen-bond acceptors (Lipinski definition) is 2. The smallest absolute Gasteiger partial charge is 0.123 e. The minimum atomic E-state index is 0. The number of imidazole rings is 1. The fourth-order valence-corrected chi connectivity index (χ4v) is 2.20. The van der Waals surface area contributed by atoms with Crippen molar-refractivity contribution in [3.8, 4) is 11.3 Å². The van der Waals surface area contributed by atoms with Gasteiger partial charge in [-0.1, -0.05) is 30.3 Å². The summed E-state index contributed by atoms with van der Waals surface area (Å²) in [6.45, 7) is 1.10. The predicted molar refractivity (Wildman–Crippen MR) is 78.5 cm³/mol. The molecule has 1 aromatic carbocycles. The van der Waals surface area contributed by atoms with E-state index < -0.39 is 0 Å². The molecule has 1 fully saturated rings. The van der Waals surface area contributed by atoms with Gasteiger partial charge in [-0.2, -0.15) is 0 Å². The average Bonchev–Trinajstić information content (AvgIpc) is 3.01. The molecule has 18 heavy (non-hydrogen) atoms. The Kier molecular flexibility index (Phi) is 5.66. The van der Waals surface area contributed by atoms with Crippen molar-refractivity contribution in [2.24, 2.45) is 0 Å². The van der Waals surface area contributed by atoms with Gasteiger partial charge in [0.15, 0.2) is 0 Å². The number of halogens is 2. The summed E-state index contributed by atoms with van der Waals surface area (Å²) in [4.78, 5) is 7.85. The van der Waals surface area contributed by atoms with E-state index in [1.165, 1.54) is 18.4 Å². The highest BCUT2D eigenvalue weighted by molar-refractivity contribution is 5.85. The van der Waals surface area contributed by atoms with Gasteiger partial charge in [-0.3, -0.25) is 0 Å². The Morgan fingerprint density at radius 2 is 1.89 bits per heavy atom. The van der Waals surface area contributed by atoms with E-state index in [9.17, 15) is 0 Å². The average molecular weight is 286 g/mol. The third-order valence-electron chi connectivity index (χ3n) is 3.07. The van der Waals surface area contributed by atoms with E-state index >= 15 is 0 Å². The van der Waals surface area contributed by atoms with E-state index in [1.807, 2.05) is 24.4 Å². The molecule has 1 aliphatic rings. The number of benzene rings is 1. The maximum absolute atomic E-state index is 4.46. The Morgan fingerprint density at radius 3 is 2.56 bits per heavy atom. The molecule has 0 bridgehead atoms. The van der Waals surface area contributed by atoms with Gasteiger partial charge in [-0.05, 0) is 24.9 Å². The molecule has 0 saturated carbocycles. The summed E-state index contributed by atoms with van der Waals surface area (Å²) in [5.74, 6) is 1.07. The molecule has 0 amide bonds. The second-order valence-corrected chi connectivity index (χ2v) is 4.20. The molecule has 0 aliphatic carbocycles. The van der Waals surface area contributed by atoms with E-state index in [0.717, 1.165) is 18.1 Å². The highest BCUT2D eigenvalue weighted by atomic mass is 35.5. The van der Waals surface area contributed by atoms with Crippen LogP contribution in [0.1, 0.15) is 24.7 Å². The third-order valence-corrected chi connectivity index (χ3v) is 3.07. The van der Waals surface area contributed by atoms with Crippen LogP contribution in [0.5, 0.6) is 0 Å². The molecule has 2 aromatic rings.